The number of rotatable bonds is 5. The maximum atomic E-state index is 5.79. The molecular weight excluding hydrogens is 360 g/mol. The van der Waals surface area contributed by atoms with Crippen molar-refractivity contribution in [2.45, 2.75) is 13.3 Å². The molecule has 0 fully saturated rings. The topological polar surface area (TPSA) is 35.8 Å². The molecule has 0 aliphatic carbocycles. The fourth-order valence-electron chi connectivity index (χ4n) is 4.05. The normalized spacial score (nSPS) is 11.4. The van der Waals surface area contributed by atoms with E-state index in [0.717, 1.165) is 40.0 Å². The van der Waals surface area contributed by atoms with Crippen molar-refractivity contribution in [3.05, 3.63) is 84.1 Å². The van der Waals surface area contributed by atoms with Gasteiger partial charge in [0.2, 0.25) is 0 Å². The third-order valence-electron chi connectivity index (χ3n) is 5.37. The molecule has 29 heavy (non-hydrogen) atoms. The molecule has 5 aromatic rings. The third kappa shape index (κ3) is 2.97. The van der Waals surface area contributed by atoms with Crippen LogP contribution in [-0.2, 0) is 6.42 Å². The van der Waals surface area contributed by atoms with Gasteiger partial charge in [-0.2, -0.15) is 0 Å². The Morgan fingerprint density at radius 1 is 0.862 bits per heavy atom. The van der Waals surface area contributed by atoms with Gasteiger partial charge in [0.05, 0.1) is 42.0 Å². The van der Waals surface area contributed by atoms with Crippen LogP contribution in [-0.4, -0.2) is 23.1 Å². The lowest BCUT2D eigenvalue weighted by Gasteiger charge is -2.07. The number of benzene rings is 3. The van der Waals surface area contributed by atoms with E-state index in [0.29, 0.717) is 6.61 Å². The minimum absolute atomic E-state index is 0.650. The summed E-state index contributed by atoms with van der Waals surface area (Å²) in [5, 5.41) is 1.20. The molecule has 2 heterocycles. The Morgan fingerprint density at radius 2 is 1.66 bits per heavy atom. The average Bonchev–Trinajstić information content (AvgIpc) is 3.07. The third-order valence-corrected chi connectivity index (χ3v) is 5.37. The molecule has 2 aromatic heterocycles. The summed E-state index contributed by atoms with van der Waals surface area (Å²) >= 11 is 0. The average molecular weight is 382 g/mol. The summed E-state index contributed by atoms with van der Waals surface area (Å²) in [7, 11) is 1.68. The van der Waals surface area contributed by atoms with Crippen LogP contribution in [0.2, 0.25) is 0 Å². The smallest absolute Gasteiger partial charge is 0.121 e. The lowest BCUT2D eigenvalue weighted by molar-refractivity contribution is 0.340. The van der Waals surface area contributed by atoms with Crippen molar-refractivity contribution in [2.24, 2.45) is 0 Å². The molecule has 0 amide bonds. The number of hydrogen-bond acceptors (Lipinski definition) is 3. The highest BCUT2D eigenvalue weighted by atomic mass is 16.5. The molecule has 0 N–H and O–H groups in total. The van der Waals surface area contributed by atoms with Gasteiger partial charge >= 0.3 is 0 Å². The molecule has 144 valence electrons. The van der Waals surface area contributed by atoms with Crippen LogP contribution in [0.5, 0.6) is 11.5 Å². The molecule has 0 radical (unpaired) electrons. The van der Waals surface area contributed by atoms with Gasteiger partial charge < -0.3 is 13.9 Å². The molecule has 0 aliphatic rings. The van der Waals surface area contributed by atoms with Gasteiger partial charge in [0.25, 0.3) is 0 Å². The molecule has 3 aromatic carbocycles. The van der Waals surface area contributed by atoms with Crippen molar-refractivity contribution < 1.29 is 9.47 Å². The summed E-state index contributed by atoms with van der Waals surface area (Å²) in [5.41, 5.74) is 6.80. The number of fused-ring (bicyclic) bond motifs is 5. The van der Waals surface area contributed by atoms with Gasteiger partial charge in [-0.25, -0.2) is 0 Å². The summed E-state index contributed by atoms with van der Waals surface area (Å²) in [6.45, 7) is 2.66. The first-order chi connectivity index (χ1) is 14.3. The first kappa shape index (κ1) is 17.6. The Morgan fingerprint density at radius 3 is 2.45 bits per heavy atom. The Hall–Kier alpha value is -3.53. The fraction of sp³-hybridized carbons (Fsp3) is 0.160. The van der Waals surface area contributed by atoms with Gasteiger partial charge in [0.15, 0.2) is 0 Å². The van der Waals surface area contributed by atoms with E-state index >= 15 is 0 Å². The molecule has 0 unspecified atom stereocenters. The number of aromatic nitrogens is 2. The molecule has 4 heteroatoms. The van der Waals surface area contributed by atoms with Gasteiger partial charge in [0.1, 0.15) is 11.5 Å². The van der Waals surface area contributed by atoms with Crippen molar-refractivity contribution >= 4 is 27.5 Å². The van der Waals surface area contributed by atoms with Crippen molar-refractivity contribution in [3.8, 4) is 11.5 Å². The minimum atomic E-state index is 0.650. The molecule has 4 nitrogen and oxygen atoms in total. The lowest BCUT2D eigenvalue weighted by atomic mass is 10.0. The van der Waals surface area contributed by atoms with E-state index in [1.165, 1.54) is 16.5 Å². The van der Waals surface area contributed by atoms with E-state index in [4.69, 9.17) is 14.5 Å². The van der Waals surface area contributed by atoms with Crippen molar-refractivity contribution in [1.29, 1.82) is 0 Å². The van der Waals surface area contributed by atoms with E-state index < -0.39 is 0 Å². The van der Waals surface area contributed by atoms with Crippen LogP contribution >= 0.6 is 0 Å². The number of nitrogens with zero attached hydrogens (tertiary/aromatic N) is 2. The Kier molecular flexibility index (Phi) is 4.32. The predicted molar refractivity (Wildman–Crippen MR) is 117 cm³/mol. The monoisotopic (exact) mass is 382 g/mol. The highest BCUT2D eigenvalue weighted by molar-refractivity contribution is 5.97. The Bertz CT molecular complexity index is 1320. The zero-order chi connectivity index (χ0) is 19.8. The minimum Gasteiger partial charge on any atom is -0.497 e. The molecular formula is C25H22N2O2. The lowest BCUT2D eigenvalue weighted by Crippen LogP contribution is -1.93. The second-order valence-corrected chi connectivity index (χ2v) is 7.09. The van der Waals surface area contributed by atoms with Crippen LogP contribution in [0.15, 0.2) is 72.9 Å². The van der Waals surface area contributed by atoms with Crippen LogP contribution < -0.4 is 9.47 Å². The summed E-state index contributed by atoms with van der Waals surface area (Å²) in [6.07, 6.45) is 2.81. The number of ether oxygens (including phenoxy) is 2. The van der Waals surface area contributed by atoms with Gasteiger partial charge in [-0.3, -0.25) is 4.98 Å². The summed E-state index contributed by atoms with van der Waals surface area (Å²) < 4.78 is 13.5. The second kappa shape index (κ2) is 7.13. The molecule has 0 aliphatic heterocycles. The SMILES string of the molecule is CCOc1ccc2c(c1)c(Cc1ccccc1)c1cnc3cc(OC)ccc3n12. The van der Waals surface area contributed by atoms with E-state index in [1.807, 2.05) is 31.3 Å². The fourth-order valence-corrected chi connectivity index (χ4v) is 4.05. The predicted octanol–water partition coefficient (Wildman–Crippen LogP) is 5.64. The number of hydrogen-bond donors (Lipinski definition) is 0. The first-order valence-corrected chi connectivity index (χ1v) is 9.85. The van der Waals surface area contributed by atoms with Crippen LogP contribution in [0.4, 0.5) is 0 Å². The van der Waals surface area contributed by atoms with Crippen LogP contribution in [0.25, 0.3) is 27.5 Å². The van der Waals surface area contributed by atoms with Crippen molar-refractivity contribution in [1.82, 2.24) is 9.38 Å². The molecule has 0 saturated carbocycles. The van der Waals surface area contributed by atoms with Crippen LogP contribution in [0.3, 0.4) is 0 Å². The Labute approximate surface area is 169 Å². The molecule has 5 rings (SSSR count). The van der Waals surface area contributed by atoms with Crippen molar-refractivity contribution in [3.63, 3.8) is 0 Å². The zero-order valence-electron chi connectivity index (χ0n) is 16.6. The van der Waals surface area contributed by atoms with Crippen LogP contribution in [0, 0.1) is 0 Å². The standard InChI is InChI=1S/C25H22N2O2/c1-3-29-19-10-11-23-21(14-19)20(13-17-7-5-4-6-8-17)25-16-26-22-15-18(28-2)9-12-24(22)27(23)25/h4-12,14-16H,3,13H2,1-2H3. The van der Waals surface area contributed by atoms with E-state index in [1.54, 1.807) is 7.11 Å². The first-order valence-electron chi connectivity index (χ1n) is 9.85. The summed E-state index contributed by atoms with van der Waals surface area (Å²) in [6, 6.07) is 22.9. The van der Waals surface area contributed by atoms with E-state index in [-0.39, 0.29) is 0 Å². The van der Waals surface area contributed by atoms with Gasteiger partial charge in [-0.05, 0) is 48.4 Å². The number of methoxy groups -OCH3 is 1. The maximum Gasteiger partial charge on any atom is 0.121 e. The zero-order valence-corrected chi connectivity index (χ0v) is 16.6. The molecule has 0 bridgehead atoms. The van der Waals surface area contributed by atoms with Gasteiger partial charge in [-0.15, -0.1) is 0 Å². The van der Waals surface area contributed by atoms with E-state index in [9.17, 15) is 0 Å². The van der Waals surface area contributed by atoms with E-state index in [2.05, 4.69) is 52.9 Å². The quantitative estimate of drug-likeness (QED) is 0.395. The molecule has 0 atom stereocenters. The largest absolute Gasteiger partial charge is 0.497 e. The van der Waals surface area contributed by atoms with Gasteiger partial charge in [-0.1, -0.05) is 30.3 Å². The van der Waals surface area contributed by atoms with Gasteiger partial charge in [0, 0.05) is 17.9 Å². The summed E-state index contributed by atoms with van der Waals surface area (Å²) in [5.74, 6) is 1.70. The maximum absolute atomic E-state index is 5.79. The highest BCUT2D eigenvalue weighted by Gasteiger charge is 2.16. The second-order valence-electron chi connectivity index (χ2n) is 7.09. The molecule has 0 saturated heterocycles. The van der Waals surface area contributed by atoms with Crippen LogP contribution in [0.1, 0.15) is 18.1 Å². The van der Waals surface area contributed by atoms with Crippen molar-refractivity contribution in [2.75, 3.05) is 13.7 Å². The summed E-state index contributed by atoms with van der Waals surface area (Å²) in [4.78, 5) is 4.74. The molecule has 0 spiro atoms. The Balaban J connectivity index is 1.83. The highest BCUT2D eigenvalue weighted by Crippen LogP contribution is 2.34.